The first kappa shape index (κ1) is 18.7. The first-order chi connectivity index (χ1) is 14.7. The van der Waals surface area contributed by atoms with Gasteiger partial charge in [0.1, 0.15) is 6.04 Å². The van der Waals surface area contributed by atoms with Crippen molar-refractivity contribution in [1.29, 1.82) is 0 Å². The number of carbonyl (C=O) groups is 1. The molecule has 1 aliphatic heterocycles. The maximum Gasteiger partial charge on any atom is 0.249 e. The average molecular weight is 398 g/mol. The highest BCUT2D eigenvalue weighted by Crippen LogP contribution is 2.32. The van der Waals surface area contributed by atoms with Crippen molar-refractivity contribution in [3.63, 3.8) is 0 Å². The molecule has 0 aliphatic carbocycles. The second-order valence-corrected chi connectivity index (χ2v) is 8.08. The van der Waals surface area contributed by atoms with Crippen molar-refractivity contribution < 1.29 is 4.79 Å². The number of nitrogens with zero attached hydrogens (tertiary/aromatic N) is 2. The summed E-state index contributed by atoms with van der Waals surface area (Å²) in [5.74, 6) is 0.123. The highest BCUT2D eigenvalue weighted by molar-refractivity contribution is 6.09. The number of carbonyl (C=O) groups excluding carboxylic acids is 1. The summed E-state index contributed by atoms with van der Waals surface area (Å²) in [5.41, 5.74) is 5.78. The molecular weight excluding hydrogens is 370 g/mol. The minimum atomic E-state index is -0.298. The number of hydrogen-bond acceptors (Lipinski definition) is 2. The summed E-state index contributed by atoms with van der Waals surface area (Å²) in [5, 5.41) is 5.93. The van der Waals surface area contributed by atoms with Gasteiger partial charge in [-0.3, -0.25) is 4.79 Å². The van der Waals surface area contributed by atoms with Gasteiger partial charge in [-0.15, -0.1) is 0 Å². The zero-order valence-electron chi connectivity index (χ0n) is 17.6. The van der Waals surface area contributed by atoms with Crippen molar-refractivity contribution >= 4 is 39.1 Å². The minimum Gasteiger partial charge on any atom is -0.374 e. The van der Waals surface area contributed by atoms with Gasteiger partial charge >= 0.3 is 0 Å². The fraction of sp³-hybridized carbons (Fsp3) is 0.269. The number of rotatable bonds is 4. The van der Waals surface area contributed by atoms with Crippen LogP contribution >= 0.6 is 0 Å². The molecule has 1 atom stereocenters. The summed E-state index contributed by atoms with van der Waals surface area (Å²) in [7, 11) is 0. The number of hydrogen-bond donors (Lipinski definition) is 1. The summed E-state index contributed by atoms with van der Waals surface area (Å²) in [6, 6.07) is 22.9. The molecule has 1 amide bonds. The van der Waals surface area contributed by atoms with Gasteiger partial charge in [-0.25, -0.2) is 0 Å². The maximum atomic E-state index is 13.3. The molecule has 0 saturated heterocycles. The van der Waals surface area contributed by atoms with Crippen molar-refractivity contribution in [2.75, 3.05) is 16.8 Å². The van der Waals surface area contributed by atoms with Crippen LogP contribution in [0.25, 0.3) is 21.8 Å². The minimum absolute atomic E-state index is 0.123. The fourth-order valence-electron chi connectivity index (χ4n) is 4.79. The second-order valence-electron chi connectivity index (χ2n) is 8.08. The average Bonchev–Trinajstić information content (AvgIpc) is 3.11. The summed E-state index contributed by atoms with van der Waals surface area (Å²) in [4.78, 5) is 15.2. The van der Waals surface area contributed by atoms with Crippen molar-refractivity contribution in [1.82, 2.24) is 4.57 Å². The molecule has 0 bridgehead atoms. The molecule has 1 N–H and O–H groups in total. The standard InChI is InChI=1S/C26H27N3O/c1-3-28-24-13-7-5-11-21(24)22-17-20(14-15-25(22)28)27-18(2)26(30)29-16-8-10-19-9-4-6-12-23(19)29/h4-7,9,11-15,17-18,27H,3,8,10,16H2,1-2H3/t18-/m0/s1. The molecule has 3 aromatic carbocycles. The lowest BCUT2D eigenvalue weighted by Gasteiger charge is -2.32. The van der Waals surface area contributed by atoms with E-state index in [1.54, 1.807) is 0 Å². The fourth-order valence-corrected chi connectivity index (χ4v) is 4.79. The van der Waals surface area contributed by atoms with Gasteiger partial charge in [-0.05, 0) is 62.6 Å². The molecule has 30 heavy (non-hydrogen) atoms. The first-order valence-electron chi connectivity index (χ1n) is 10.8. The van der Waals surface area contributed by atoms with Gasteiger partial charge in [0, 0.05) is 46.3 Å². The topological polar surface area (TPSA) is 37.3 Å². The van der Waals surface area contributed by atoms with Crippen molar-refractivity contribution in [3.8, 4) is 0 Å². The molecule has 1 aromatic heterocycles. The smallest absolute Gasteiger partial charge is 0.249 e. The third kappa shape index (κ3) is 3.04. The second kappa shape index (κ2) is 7.52. The van der Waals surface area contributed by atoms with Gasteiger partial charge in [-0.1, -0.05) is 36.4 Å². The Bertz CT molecular complexity index is 1240. The number of nitrogens with one attached hydrogen (secondary N) is 1. The largest absolute Gasteiger partial charge is 0.374 e. The Kier molecular flexibility index (Phi) is 4.70. The predicted octanol–water partition coefficient (Wildman–Crippen LogP) is 5.59. The first-order valence-corrected chi connectivity index (χ1v) is 10.8. The van der Waals surface area contributed by atoms with E-state index >= 15 is 0 Å². The normalized spacial score (nSPS) is 14.7. The molecule has 1 aliphatic rings. The van der Waals surface area contributed by atoms with Crippen molar-refractivity contribution in [2.24, 2.45) is 0 Å². The Balaban J connectivity index is 1.44. The van der Waals surface area contributed by atoms with E-state index in [0.717, 1.165) is 37.3 Å². The molecular formula is C26H27N3O. The van der Waals surface area contributed by atoms with Crippen LogP contribution in [0.1, 0.15) is 25.8 Å². The van der Waals surface area contributed by atoms with Gasteiger partial charge in [0.15, 0.2) is 0 Å². The summed E-state index contributed by atoms with van der Waals surface area (Å²) >= 11 is 0. The molecule has 0 unspecified atom stereocenters. The van der Waals surface area contributed by atoms with E-state index in [4.69, 9.17) is 0 Å². The van der Waals surface area contributed by atoms with E-state index in [9.17, 15) is 4.79 Å². The Hall–Kier alpha value is -3.27. The van der Waals surface area contributed by atoms with Gasteiger partial charge in [0.05, 0.1) is 0 Å². The van der Waals surface area contributed by atoms with E-state index in [1.165, 1.54) is 27.4 Å². The number of benzene rings is 3. The summed E-state index contributed by atoms with van der Waals surface area (Å²) < 4.78 is 2.34. The molecule has 2 heterocycles. The summed E-state index contributed by atoms with van der Waals surface area (Å²) in [6.07, 6.45) is 2.05. The van der Waals surface area contributed by atoms with Crippen LogP contribution in [0.5, 0.6) is 0 Å². The Morgan fingerprint density at radius 2 is 1.77 bits per heavy atom. The number of aryl methyl sites for hydroxylation is 2. The number of para-hydroxylation sites is 2. The molecule has 5 rings (SSSR count). The van der Waals surface area contributed by atoms with E-state index in [1.807, 2.05) is 17.9 Å². The molecule has 4 heteroatoms. The van der Waals surface area contributed by atoms with Crippen LogP contribution in [0, 0.1) is 0 Å². The molecule has 0 fully saturated rings. The van der Waals surface area contributed by atoms with Crippen LogP contribution in [0.4, 0.5) is 11.4 Å². The third-order valence-electron chi connectivity index (χ3n) is 6.22. The zero-order chi connectivity index (χ0) is 20.7. The highest BCUT2D eigenvalue weighted by Gasteiger charge is 2.26. The van der Waals surface area contributed by atoms with Crippen molar-refractivity contribution in [2.45, 2.75) is 39.3 Å². The van der Waals surface area contributed by atoms with Crippen LogP contribution in [0.3, 0.4) is 0 Å². The monoisotopic (exact) mass is 397 g/mol. The summed E-state index contributed by atoms with van der Waals surface area (Å²) in [6.45, 7) is 5.85. The van der Waals surface area contributed by atoms with E-state index < -0.39 is 0 Å². The highest BCUT2D eigenvalue weighted by atomic mass is 16.2. The SMILES string of the molecule is CCn1c2ccccc2c2cc(N[C@@H](C)C(=O)N3CCCc4ccccc43)ccc21. The Morgan fingerprint density at radius 1 is 1.00 bits per heavy atom. The lowest BCUT2D eigenvalue weighted by atomic mass is 10.0. The van der Waals surface area contributed by atoms with E-state index in [-0.39, 0.29) is 11.9 Å². The van der Waals surface area contributed by atoms with Crippen molar-refractivity contribution in [3.05, 3.63) is 72.3 Å². The quantitative estimate of drug-likeness (QED) is 0.487. The van der Waals surface area contributed by atoms with Gasteiger partial charge < -0.3 is 14.8 Å². The van der Waals surface area contributed by atoms with Crippen LogP contribution in [-0.4, -0.2) is 23.1 Å². The predicted molar refractivity (Wildman–Crippen MR) is 125 cm³/mol. The van der Waals surface area contributed by atoms with Crippen LogP contribution < -0.4 is 10.2 Å². The third-order valence-corrected chi connectivity index (χ3v) is 6.22. The van der Waals surface area contributed by atoms with E-state index in [0.29, 0.717) is 0 Å². The van der Waals surface area contributed by atoms with Gasteiger partial charge in [-0.2, -0.15) is 0 Å². The van der Waals surface area contributed by atoms with Gasteiger partial charge in [0.2, 0.25) is 5.91 Å². The number of fused-ring (bicyclic) bond motifs is 4. The number of aromatic nitrogens is 1. The van der Waals surface area contributed by atoms with E-state index in [2.05, 4.69) is 77.5 Å². The lowest BCUT2D eigenvalue weighted by molar-refractivity contribution is -0.119. The number of amides is 1. The maximum absolute atomic E-state index is 13.3. The molecule has 4 aromatic rings. The molecule has 4 nitrogen and oxygen atoms in total. The zero-order valence-corrected chi connectivity index (χ0v) is 17.6. The Labute approximate surface area is 177 Å². The molecule has 0 radical (unpaired) electrons. The molecule has 0 spiro atoms. The van der Waals surface area contributed by atoms with Crippen LogP contribution in [0.2, 0.25) is 0 Å². The van der Waals surface area contributed by atoms with Crippen LogP contribution in [-0.2, 0) is 17.8 Å². The van der Waals surface area contributed by atoms with Crippen LogP contribution in [0.15, 0.2) is 66.7 Å². The van der Waals surface area contributed by atoms with Gasteiger partial charge in [0.25, 0.3) is 0 Å². The molecule has 152 valence electrons. The molecule has 0 saturated carbocycles. The lowest BCUT2D eigenvalue weighted by Crippen LogP contribution is -2.44. The Morgan fingerprint density at radius 3 is 2.63 bits per heavy atom. The number of anilines is 2.